The summed E-state index contributed by atoms with van der Waals surface area (Å²) in [6.45, 7) is 4.37. The van der Waals surface area contributed by atoms with Crippen LogP contribution in [0.3, 0.4) is 0 Å². The minimum absolute atomic E-state index is 0.281. The van der Waals surface area contributed by atoms with Gasteiger partial charge in [0, 0.05) is 5.57 Å². The van der Waals surface area contributed by atoms with Crippen molar-refractivity contribution in [3.63, 3.8) is 0 Å². The largest absolute Gasteiger partial charge is 0.478 e. The summed E-state index contributed by atoms with van der Waals surface area (Å²) in [5.41, 5.74) is 0.389. The Hall–Kier alpha value is -0.870. The molecule has 14 heavy (non-hydrogen) atoms. The molecule has 0 rings (SSSR count). The van der Waals surface area contributed by atoms with Crippen LogP contribution in [0.25, 0.3) is 0 Å². The molecular weight excluding hydrogens is 182 g/mol. The first-order valence-corrected chi connectivity index (χ1v) is 4.52. The van der Waals surface area contributed by atoms with Crippen molar-refractivity contribution in [1.82, 2.24) is 0 Å². The lowest BCUT2D eigenvalue weighted by Crippen LogP contribution is -2.36. The lowest BCUT2D eigenvalue weighted by molar-refractivity contribution is -0.870. The molecule has 0 aliphatic rings. The first kappa shape index (κ1) is 15.6. The Morgan fingerprint density at radius 3 is 1.79 bits per heavy atom. The maximum Gasteiger partial charge on any atom is 0.330 e. The number of rotatable bonds is 3. The van der Waals surface area contributed by atoms with Gasteiger partial charge >= 0.3 is 5.97 Å². The van der Waals surface area contributed by atoms with E-state index in [0.29, 0.717) is 5.57 Å². The molecule has 0 atom stereocenters. The monoisotopic (exact) mass is 204 g/mol. The SMILES string of the molecule is CC=C(C)C(=O)O.C[N+](C)(C)CCO. The molecule has 0 spiro atoms. The van der Waals surface area contributed by atoms with Crippen molar-refractivity contribution in [3.8, 4) is 0 Å². The van der Waals surface area contributed by atoms with Gasteiger partial charge in [0.15, 0.2) is 0 Å². The molecule has 0 saturated heterocycles. The highest BCUT2D eigenvalue weighted by atomic mass is 16.4. The lowest BCUT2D eigenvalue weighted by Gasteiger charge is -2.21. The molecule has 0 aliphatic heterocycles. The van der Waals surface area contributed by atoms with Crippen LogP contribution in [0.15, 0.2) is 11.6 Å². The normalized spacial score (nSPS) is 11.7. The fourth-order valence-corrected chi connectivity index (χ4v) is 0.423. The van der Waals surface area contributed by atoms with E-state index in [9.17, 15) is 4.79 Å². The van der Waals surface area contributed by atoms with E-state index in [4.69, 9.17) is 10.2 Å². The Morgan fingerprint density at radius 2 is 1.79 bits per heavy atom. The van der Waals surface area contributed by atoms with Gasteiger partial charge in [0.05, 0.1) is 27.7 Å². The minimum atomic E-state index is -0.845. The second-order valence-electron chi connectivity index (χ2n) is 4.01. The number of carboxylic acids is 1. The van der Waals surface area contributed by atoms with E-state index in [2.05, 4.69) is 21.1 Å². The summed E-state index contributed by atoms with van der Waals surface area (Å²) >= 11 is 0. The van der Waals surface area contributed by atoms with Crippen molar-refractivity contribution in [1.29, 1.82) is 0 Å². The molecule has 0 amide bonds. The summed E-state index contributed by atoms with van der Waals surface area (Å²) in [5.74, 6) is -0.845. The fraction of sp³-hybridized carbons (Fsp3) is 0.700. The predicted molar refractivity (Wildman–Crippen MR) is 57.1 cm³/mol. The summed E-state index contributed by atoms with van der Waals surface area (Å²) in [6, 6.07) is 0. The van der Waals surface area contributed by atoms with Gasteiger partial charge in [-0.2, -0.15) is 0 Å². The van der Waals surface area contributed by atoms with E-state index in [1.807, 2.05) is 0 Å². The summed E-state index contributed by atoms with van der Waals surface area (Å²) in [5, 5.41) is 16.5. The molecule has 0 bridgehead atoms. The minimum Gasteiger partial charge on any atom is -0.478 e. The molecule has 0 fully saturated rings. The van der Waals surface area contributed by atoms with E-state index < -0.39 is 5.97 Å². The van der Waals surface area contributed by atoms with Crippen LogP contribution >= 0.6 is 0 Å². The Labute approximate surface area is 86.1 Å². The second-order valence-corrected chi connectivity index (χ2v) is 4.01. The third-order valence-corrected chi connectivity index (χ3v) is 1.54. The van der Waals surface area contributed by atoms with Crippen LogP contribution in [0.5, 0.6) is 0 Å². The molecular formula is C10H22NO3+. The molecule has 0 aliphatic carbocycles. The highest BCUT2D eigenvalue weighted by Gasteiger charge is 2.02. The molecule has 84 valence electrons. The summed E-state index contributed by atoms with van der Waals surface area (Å²) in [4.78, 5) is 9.86. The number of hydrogen-bond acceptors (Lipinski definition) is 2. The van der Waals surface area contributed by atoms with Gasteiger partial charge in [0.2, 0.25) is 0 Å². The van der Waals surface area contributed by atoms with E-state index in [0.717, 1.165) is 11.0 Å². The van der Waals surface area contributed by atoms with Gasteiger partial charge in [0.1, 0.15) is 6.54 Å². The number of nitrogens with zero attached hydrogens (tertiary/aromatic N) is 1. The number of aliphatic hydroxyl groups excluding tert-OH is 1. The van der Waals surface area contributed by atoms with Crippen LogP contribution in [-0.2, 0) is 4.79 Å². The topological polar surface area (TPSA) is 57.5 Å². The van der Waals surface area contributed by atoms with Gasteiger partial charge in [-0.25, -0.2) is 4.79 Å². The van der Waals surface area contributed by atoms with Crippen molar-refractivity contribution < 1.29 is 19.5 Å². The fourth-order valence-electron chi connectivity index (χ4n) is 0.423. The first-order valence-electron chi connectivity index (χ1n) is 4.52. The third kappa shape index (κ3) is 13.7. The van der Waals surface area contributed by atoms with E-state index in [1.54, 1.807) is 19.9 Å². The number of carboxylic acid groups (broad SMARTS) is 1. The third-order valence-electron chi connectivity index (χ3n) is 1.54. The quantitative estimate of drug-likeness (QED) is 0.526. The molecule has 0 aromatic rings. The number of carbonyl (C=O) groups is 1. The van der Waals surface area contributed by atoms with Crippen LogP contribution < -0.4 is 0 Å². The molecule has 0 unspecified atom stereocenters. The zero-order chi connectivity index (χ0) is 11.8. The van der Waals surface area contributed by atoms with Crippen molar-refractivity contribution in [2.45, 2.75) is 13.8 Å². The van der Waals surface area contributed by atoms with E-state index in [-0.39, 0.29) is 6.61 Å². The number of aliphatic hydroxyl groups is 1. The highest BCUT2D eigenvalue weighted by Crippen LogP contribution is 1.87. The standard InChI is InChI=1S/C5H14NO.C5H8O2/c1-6(2,3)4-5-7;1-3-4(2)5(6)7/h7H,4-5H2,1-3H3;3H,1-2H3,(H,6,7)/q+1;. The predicted octanol–water partition coefficient (Wildman–Crippen LogP) is 0.722. The van der Waals surface area contributed by atoms with Gasteiger partial charge in [-0.1, -0.05) is 6.08 Å². The van der Waals surface area contributed by atoms with Crippen molar-refractivity contribution in [2.24, 2.45) is 0 Å². The zero-order valence-electron chi connectivity index (χ0n) is 9.74. The molecule has 0 aromatic heterocycles. The number of allylic oxidation sites excluding steroid dienone is 1. The molecule has 0 aromatic carbocycles. The average molecular weight is 204 g/mol. The Morgan fingerprint density at radius 1 is 1.36 bits per heavy atom. The van der Waals surface area contributed by atoms with Crippen LogP contribution in [0, 0.1) is 0 Å². The Bertz CT molecular complexity index is 192. The van der Waals surface area contributed by atoms with E-state index >= 15 is 0 Å². The van der Waals surface area contributed by atoms with Gasteiger partial charge in [-0.15, -0.1) is 0 Å². The number of aliphatic carboxylic acids is 1. The van der Waals surface area contributed by atoms with Crippen molar-refractivity contribution >= 4 is 5.97 Å². The van der Waals surface area contributed by atoms with Gasteiger partial charge in [-0.05, 0) is 13.8 Å². The number of likely N-dealkylation sites (N-methyl/N-ethyl adjacent to an activating group) is 1. The zero-order valence-corrected chi connectivity index (χ0v) is 9.74. The van der Waals surface area contributed by atoms with Crippen molar-refractivity contribution in [3.05, 3.63) is 11.6 Å². The Kier molecular flexibility index (Phi) is 8.38. The highest BCUT2D eigenvalue weighted by molar-refractivity contribution is 5.85. The second kappa shape index (κ2) is 7.53. The average Bonchev–Trinajstić information content (AvgIpc) is 2.01. The molecule has 4 nitrogen and oxygen atoms in total. The molecule has 0 saturated carbocycles. The maximum absolute atomic E-state index is 9.86. The van der Waals surface area contributed by atoms with Gasteiger partial charge < -0.3 is 14.7 Å². The summed E-state index contributed by atoms with van der Waals surface area (Å²) < 4.78 is 0.844. The van der Waals surface area contributed by atoms with Crippen LogP contribution in [0.1, 0.15) is 13.8 Å². The van der Waals surface area contributed by atoms with Crippen molar-refractivity contribution in [2.75, 3.05) is 34.3 Å². The maximum atomic E-state index is 9.86. The number of hydrogen-bond donors (Lipinski definition) is 2. The van der Waals surface area contributed by atoms with Crippen LogP contribution in [-0.4, -0.2) is 55.0 Å². The molecule has 2 N–H and O–H groups in total. The summed E-state index contributed by atoms with van der Waals surface area (Å²) in [6.07, 6.45) is 1.56. The van der Waals surface area contributed by atoms with Gasteiger partial charge in [0.25, 0.3) is 0 Å². The van der Waals surface area contributed by atoms with Gasteiger partial charge in [-0.3, -0.25) is 0 Å². The molecule has 0 radical (unpaired) electrons. The number of quaternary nitrogens is 1. The molecule has 4 heteroatoms. The summed E-state index contributed by atoms with van der Waals surface area (Å²) in [7, 11) is 6.16. The smallest absolute Gasteiger partial charge is 0.330 e. The lowest BCUT2D eigenvalue weighted by atomic mass is 10.3. The Balaban J connectivity index is 0. The van der Waals surface area contributed by atoms with Crippen LogP contribution in [0.4, 0.5) is 0 Å². The van der Waals surface area contributed by atoms with E-state index in [1.165, 1.54) is 0 Å². The van der Waals surface area contributed by atoms with Crippen LogP contribution in [0.2, 0.25) is 0 Å². The molecule has 0 heterocycles. The first-order chi connectivity index (χ1) is 6.24.